The average Bonchev–Trinajstić information content (AvgIpc) is 3.19. The molecule has 0 aliphatic rings. The molecule has 0 aromatic rings. The Balaban J connectivity index is 4.66. The summed E-state index contributed by atoms with van der Waals surface area (Å²) in [5.74, 6) is -1.04. The van der Waals surface area contributed by atoms with Crippen LogP contribution in [0.15, 0.2) is 109 Å². The van der Waals surface area contributed by atoms with E-state index < -0.39 is 44.7 Å². The van der Waals surface area contributed by atoms with Crippen molar-refractivity contribution in [3.8, 4) is 0 Å². The Labute approximate surface area is 362 Å². The maximum Gasteiger partial charge on any atom is 0.306 e. The predicted octanol–water partition coefficient (Wildman–Crippen LogP) is 9.66. The highest BCUT2D eigenvalue weighted by molar-refractivity contribution is 7.45. The maximum atomic E-state index is 12.7. The number of hydrogen-bond donors (Lipinski definition) is 2. The van der Waals surface area contributed by atoms with Gasteiger partial charge in [0.05, 0.1) is 40.0 Å². The van der Waals surface area contributed by atoms with Crippen molar-refractivity contribution in [3.63, 3.8) is 0 Å². The fourth-order valence-electron chi connectivity index (χ4n) is 5.04. The molecule has 0 aliphatic carbocycles. The zero-order chi connectivity index (χ0) is 44.6. The predicted molar refractivity (Wildman–Crippen MR) is 243 cm³/mol. The summed E-state index contributed by atoms with van der Waals surface area (Å²) in [7, 11) is 1.02. The largest absolute Gasteiger partial charge is 0.756 e. The van der Waals surface area contributed by atoms with Crippen LogP contribution in [0.2, 0.25) is 0 Å². The minimum absolute atomic E-state index is 0.0323. The highest BCUT2D eigenvalue weighted by Gasteiger charge is 2.21. The molecule has 0 bridgehead atoms. The Morgan fingerprint density at radius 2 is 1.13 bits per heavy atom. The van der Waals surface area contributed by atoms with Gasteiger partial charge < -0.3 is 38.1 Å². The van der Waals surface area contributed by atoms with Gasteiger partial charge in [-0.1, -0.05) is 142 Å². The van der Waals surface area contributed by atoms with Crippen LogP contribution in [0.1, 0.15) is 117 Å². The number of phosphoric ester groups is 1. The fraction of sp³-hybridized carbons (Fsp3) is 0.583. The minimum Gasteiger partial charge on any atom is -0.756 e. The summed E-state index contributed by atoms with van der Waals surface area (Å²) < 4.78 is 33.7. The molecular formula is C48H78NO10P. The Hall–Kier alpha value is -3.41. The zero-order valence-corrected chi connectivity index (χ0v) is 38.2. The smallest absolute Gasteiger partial charge is 0.306 e. The Kier molecular flexibility index (Phi) is 36.3. The van der Waals surface area contributed by atoms with Gasteiger partial charge in [-0.05, 0) is 70.6 Å². The Morgan fingerprint density at radius 1 is 0.617 bits per heavy atom. The quantitative estimate of drug-likeness (QED) is 0.0154. The third kappa shape index (κ3) is 41.3. The summed E-state index contributed by atoms with van der Waals surface area (Å²) in [5, 5.41) is 20.0. The third-order valence-corrected chi connectivity index (χ3v) is 9.43. The number of esters is 2. The number of unbranched alkanes of at least 4 members (excludes halogenated alkanes) is 5. The molecule has 4 atom stereocenters. The Bertz CT molecular complexity index is 1420. The number of aliphatic hydroxyl groups excluding tert-OH is 2. The molecule has 0 saturated heterocycles. The molecule has 0 rings (SSSR count). The van der Waals surface area contributed by atoms with E-state index in [1.54, 1.807) is 36.5 Å². The summed E-state index contributed by atoms with van der Waals surface area (Å²) in [6.07, 6.45) is 44.8. The molecule has 340 valence electrons. The minimum atomic E-state index is -4.69. The third-order valence-electron chi connectivity index (χ3n) is 8.47. The average molecular weight is 860 g/mol. The molecule has 60 heavy (non-hydrogen) atoms. The first kappa shape index (κ1) is 56.6. The molecule has 0 saturated carbocycles. The molecule has 0 fully saturated rings. The van der Waals surface area contributed by atoms with E-state index in [2.05, 4.69) is 43.4 Å². The number of ether oxygens (including phenoxy) is 2. The van der Waals surface area contributed by atoms with Crippen molar-refractivity contribution in [1.29, 1.82) is 0 Å². The van der Waals surface area contributed by atoms with E-state index >= 15 is 0 Å². The van der Waals surface area contributed by atoms with Gasteiger partial charge in [0.2, 0.25) is 0 Å². The molecule has 11 nitrogen and oxygen atoms in total. The van der Waals surface area contributed by atoms with Gasteiger partial charge in [-0.25, -0.2) is 0 Å². The molecule has 0 aromatic heterocycles. The van der Waals surface area contributed by atoms with Crippen molar-refractivity contribution in [2.24, 2.45) is 0 Å². The lowest BCUT2D eigenvalue weighted by Gasteiger charge is -2.28. The van der Waals surface area contributed by atoms with Gasteiger partial charge in [0.15, 0.2) is 6.10 Å². The van der Waals surface area contributed by atoms with E-state index in [4.69, 9.17) is 18.5 Å². The number of phosphoric acid groups is 1. The van der Waals surface area contributed by atoms with Gasteiger partial charge >= 0.3 is 11.9 Å². The van der Waals surface area contributed by atoms with Gasteiger partial charge in [-0.3, -0.25) is 14.2 Å². The lowest BCUT2D eigenvalue weighted by molar-refractivity contribution is -0.870. The second kappa shape index (κ2) is 38.5. The second-order valence-corrected chi connectivity index (χ2v) is 16.8. The first-order valence-electron chi connectivity index (χ1n) is 21.8. The molecular weight excluding hydrogens is 781 g/mol. The van der Waals surface area contributed by atoms with Crippen molar-refractivity contribution in [2.45, 2.75) is 135 Å². The molecule has 0 aliphatic heterocycles. The van der Waals surface area contributed by atoms with Crippen molar-refractivity contribution >= 4 is 19.8 Å². The van der Waals surface area contributed by atoms with Crippen LogP contribution in [0.3, 0.4) is 0 Å². The number of rotatable bonds is 37. The van der Waals surface area contributed by atoms with Crippen molar-refractivity contribution in [1.82, 2.24) is 0 Å². The van der Waals surface area contributed by atoms with Crippen LogP contribution in [0.5, 0.6) is 0 Å². The number of allylic oxidation sites excluding steroid dienone is 14. The summed E-state index contributed by atoms with van der Waals surface area (Å²) in [6, 6.07) is 0. The monoisotopic (exact) mass is 860 g/mol. The molecule has 0 aromatic carbocycles. The number of hydrogen-bond acceptors (Lipinski definition) is 10. The topological polar surface area (TPSA) is 152 Å². The first-order valence-corrected chi connectivity index (χ1v) is 23.3. The fourth-order valence-corrected chi connectivity index (χ4v) is 5.77. The van der Waals surface area contributed by atoms with E-state index in [9.17, 15) is 29.3 Å². The van der Waals surface area contributed by atoms with Gasteiger partial charge in [-0.2, -0.15) is 0 Å². The van der Waals surface area contributed by atoms with E-state index in [1.165, 1.54) is 0 Å². The normalized spacial score (nSPS) is 15.7. The number of quaternary nitrogens is 1. The van der Waals surface area contributed by atoms with Crippen LogP contribution in [-0.2, 0) is 32.7 Å². The maximum absolute atomic E-state index is 12.7. The van der Waals surface area contributed by atoms with Crippen LogP contribution in [0.25, 0.3) is 0 Å². The van der Waals surface area contributed by atoms with Gasteiger partial charge in [-0.15, -0.1) is 0 Å². The van der Waals surface area contributed by atoms with E-state index in [0.29, 0.717) is 43.1 Å². The molecule has 1 unspecified atom stereocenters. The van der Waals surface area contributed by atoms with Gasteiger partial charge in [0.1, 0.15) is 19.8 Å². The van der Waals surface area contributed by atoms with Crippen LogP contribution in [-0.4, -0.2) is 92.5 Å². The summed E-state index contributed by atoms with van der Waals surface area (Å²) in [5.41, 5.74) is 0. The van der Waals surface area contributed by atoms with Gasteiger partial charge in [0.25, 0.3) is 7.82 Å². The highest BCUT2D eigenvalue weighted by atomic mass is 31.2. The lowest BCUT2D eigenvalue weighted by atomic mass is 10.1. The summed E-state index contributed by atoms with van der Waals surface area (Å²) in [6.45, 7) is 3.66. The van der Waals surface area contributed by atoms with E-state index in [0.717, 1.165) is 57.8 Å². The van der Waals surface area contributed by atoms with Crippen LogP contribution >= 0.6 is 7.82 Å². The number of aliphatic hydroxyl groups is 2. The molecule has 0 spiro atoms. The molecule has 12 heteroatoms. The summed E-state index contributed by atoms with van der Waals surface area (Å²) in [4.78, 5) is 37.5. The van der Waals surface area contributed by atoms with Gasteiger partial charge in [0, 0.05) is 12.8 Å². The number of carbonyl (C=O) groups is 2. The standard InChI is InChI=1S/C48H78NO10P/c1-6-8-10-11-12-13-14-15-16-17-18-19-20-24-32-38-47(52)56-42-46(43-58-60(54,55)57-41-40-49(3,4)5)59-48(53)39-33-25-22-21-23-29-35-45(51)37-31-27-26-30-36-44(50)34-28-9-7-2/h8-10,12-13,15-16,22-23,25-31,36-37,44-46,50-51H,6-7,11,14,17-21,24,32-35,38-43H2,1-5H3/b10-8-,13-12-,16-15-,25-22-,27-26-,28-9-,29-23-,36-30+,37-31+/t44-,45+,46+/m0/s1. The van der Waals surface area contributed by atoms with E-state index in [1.807, 2.05) is 64.5 Å². The van der Waals surface area contributed by atoms with E-state index in [-0.39, 0.29) is 26.1 Å². The van der Waals surface area contributed by atoms with Crippen LogP contribution in [0, 0.1) is 0 Å². The molecule has 0 radical (unpaired) electrons. The number of likely N-dealkylation sites (N-methyl/N-ethyl adjacent to an activating group) is 1. The van der Waals surface area contributed by atoms with Crippen LogP contribution < -0.4 is 4.89 Å². The highest BCUT2D eigenvalue weighted by Crippen LogP contribution is 2.38. The molecule has 0 amide bonds. The molecule has 2 N–H and O–H groups in total. The van der Waals surface area contributed by atoms with Crippen molar-refractivity contribution in [3.05, 3.63) is 109 Å². The van der Waals surface area contributed by atoms with Crippen molar-refractivity contribution in [2.75, 3.05) is 47.5 Å². The summed E-state index contributed by atoms with van der Waals surface area (Å²) >= 11 is 0. The second-order valence-electron chi connectivity index (χ2n) is 15.3. The SMILES string of the molecule is CC/C=C\C/C=C\C/C=C\CCCCCCCC(=O)OC[C@H](COP(=O)([O-])OCC[N+](C)(C)C)OC(=O)CC/C=C\C/C=C\C[C@@H](O)/C=C/C=C\C=C\[C@@H](O)C/C=C\CC. The molecule has 0 heterocycles. The lowest BCUT2D eigenvalue weighted by Crippen LogP contribution is -2.37. The van der Waals surface area contributed by atoms with Crippen LogP contribution in [0.4, 0.5) is 0 Å². The number of carbonyl (C=O) groups excluding carboxylic acids is 2. The number of nitrogens with zero attached hydrogens (tertiary/aromatic N) is 1. The first-order chi connectivity index (χ1) is 28.8. The van der Waals surface area contributed by atoms with Crippen molar-refractivity contribution < 1.29 is 52.3 Å². The Morgan fingerprint density at radius 3 is 1.75 bits per heavy atom. The zero-order valence-electron chi connectivity index (χ0n) is 37.3.